The molecule has 0 N–H and O–H groups in total. The van der Waals surface area contributed by atoms with E-state index in [1.807, 2.05) is 80.8 Å². The molecular formula is C34H31NO8. The maximum absolute atomic E-state index is 13.8. The summed E-state index contributed by atoms with van der Waals surface area (Å²) in [5.41, 5.74) is 2.80. The fourth-order valence-electron chi connectivity index (χ4n) is 5.85. The molecule has 9 heteroatoms. The van der Waals surface area contributed by atoms with Crippen LogP contribution in [0.2, 0.25) is 0 Å². The Morgan fingerprint density at radius 1 is 0.744 bits per heavy atom. The van der Waals surface area contributed by atoms with Crippen LogP contribution in [0.25, 0.3) is 49.3 Å². The molecule has 0 fully saturated rings. The third-order valence-electron chi connectivity index (χ3n) is 7.52. The quantitative estimate of drug-likeness (QED) is 0.181. The predicted octanol–water partition coefficient (Wildman–Crippen LogP) is 7.34. The fraction of sp³-hybridized carbons (Fsp3) is 0.265. The Kier molecular flexibility index (Phi) is 6.27. The highest BCUT2D eigenvalue weighted by molar-refractivity contribution is 6.22. The number of ether oxygens (including phenoxy) is 6. The van der Waals surface area contributed by atoms with E-state index in [1.54, 1.807) is 20.3 Å². The lowest BCUT2D eigenvalue weighted by Crippen LogP contribution is -2.07. The zero-order valence-electron chi connectivity index (χ0n) is 24.8. The van der Waals surface area contributed by atoms with Crippen molar-refractivity contribution in [3.63, 3.8) is 0 Å². The van der Waals surface area contributed by atoms with Gasteiger partial charge in [0.05, 0.1) is 31.9 Å². The van der Waals surface area contributed by atoms with Crippen molar-refractivity contribution >= 4 is 38.2 Å². The monoisotopic (exact) mass is 581 g/mol. The largest absolute Gasteiger partial charge is 0.493 e. The molecule has 1 aliphatic rings. The number of hydrogen-bond donors (Lipinski definition) is 0. The molecule has 43 heavy (non-hydrogen) atoms. The molecular weight excluding hydrogens is 550 g/mol. The Labute approximate surface area is 247 Å². The van der Waals surface area contributed by atoms with E-state index in [9.17, 15) is 4.79 Å². The van der Waals surface area contributed by atoms with Crippen molar-refractivity contribution in [2.75, 3.05) is 21.0 Å². The van der Waals surface area contributed by atoms with E-state index in [4.69, 9.17) is 32.8 Å². The number of aromatic nitrogens is 1. The van der Waals surface area contributed by atoms with Crippen LogP contribution in [0.4, 0.5) is 0 Å². The summed E-state index contributed by atoms with van der Waals surface area (Å²) in [5, 5.41) is 3.22. The van der Waals surface area contributed by atoms with Gasteiger partial charge in [0.1, 0.15) is 11.1 Å². The smallest absolute Gasteiger partial charge is 0.361 e. The van der Waals surface area contributed by atoms with Gasteiger partial charge < -0.3 is 37.2 Å². The molecule has 0 radical (unpaired) electrons. The predicted molar refractivity (Wildman–Crippen MR) is 165 cm³/mol. The average molecular weight is 582 g/mol. The van der Waals surface area contributed by atoms with Crippen LogP contribution in [0.1, 0.15) is 27.7 Å². The minimum atomic E-state index is -0.476. The number of nitrogens with zero attached hydrogens (tertiary/aromatic N) is 1. The van der Waals surface area contributed by atoms with E-state index in [0.29, 0.717) is 56.4 Å². The first kappa shape index (κ1) is 26.8. The number of fused-ring (bicyclic) bond motifs is 8. The van der Waals surface area contributed by atoms with Crippen molar-refractivity contribution in [1.82, 2.24) is 4.40 Å². The van der Waals surface area contributed by atoms with Gasteiger partial charge in [0.15, 0.2) is 34.5 Å². The van der Waals surface area contributed by atoms with E-state index in [0.717, 1.165) is 27.4 Å². The lowest BCUT2D eigenvalue weighted by atomic mass is 9.98. The van der Waals surface area contributed by atoms with Crippen LogP contribution in [0.3, 0.4) is 0 Å². The lowest BCUT2D eigenvalue weighted by molar-refractivity contribution is 0.174. The van der Waals surface area contributed by atoms with E-state index in [1.165, 1.54) is 0 Å². The standard InChI is InChI=1S/C34H31NO8/c1-17(2)41-28-11-19-9-10-35-32(21(19)13-25(28)37-5)30(20-7-8-23-27(12-20)40-16-39-23)31-22-14-26(38-6)29(42-18(3)4)15-24(22)43-34(36)33(31)35/h7-15,17-18H,16H2,1-6H3. The molecule has 0 aliphatic carbocycles. The second kappa shape index (κ2) is 10.0. The first-order chi connectivity index (χ1) is 20.8. The molecule has 3 aromatic heterocycles. The van der Waals surface area contributed by atoms with Crippen molar-refractivity contribution in [2.24, 2.45) is 0 Å². The Bertz CT molecular complexity index is 2120. The minimum Gasteiger partial charge on any atom is -0.493 e. The highest BCUT2D eigenvalue weighted by atomic mass is 16.7. The first-order valence-corrected chi connectivity index (χ1v) is 14.1. The SMILES string of the molecule is COc1cc2c(ccn3c2c(-c2ccc4c(c2)OCO4)c2c4cc(OC)c(OC(C)C)cc4oc(=O)c23)cc1OC(C)C. The van der Waals surface area contributed by atoms with Crippen LogP contribution >= 0.6 is 0 Å². The first-order valence-electron chi connectivity index (χ1n) is 14.1. The van der Waals surface area contributed by atoms with Gasteiger partial charge in [0.2, 0.25) is 6.79 Å². The summed E-state index contributed by atoms with van der Waals surface area (Å²) in [6.07, 6.45) is 1.75. The maximum atomic E-state index is 13.8. The number of rotatable bonds is 7. The highest BCUT2D eigenvalue weighted by Crippen LogP contribution is 2.47. The van der Waals surface area contributed by atoms with Crippen LogP contribution in [-0.4, -0.2) is 37.6 Å². The number of hydrogen-bond acceptors (Lipinski definition) is 8. The van der Waals surface area contributed by atoms with Crippen molar-refractivity contribution in [3.8, 4) is 45.6 Å². The van der Waals surface area contributed by atoms with Gasteiger partial charge in [-0.1, -0.05) is 6.07 Å². The number of pyridine rings is 1. The molecule has 7 rings (SSSR count). The Balaban J connectivity index is 1.67. The molecule has 1 aliphatic heterocycles. The van der Waals surface area contributed by atoms with Gasteiger partial charge in [0.25, 0.3) is 0 Å². The number of methoxy groups -OCH3 is 2. The summed E-state index contributed by atoms with van der Waals surface area (Å²) in [5.74, 6) is 3.56. The molecule has 0 atom stereocenters. The second-order valence-electron chi connectivity index (χ2n) is 11.0. The van der Waals surface area contributed by atoms with Crippen LogP contribution in [-0.2, 0) is 0 Å². The summed E-state index contributed by atoms with van der Waals surface area (Å²) in [6, 6.07) is 15.3. The molecule has 0 spiro atoms. The minimum absolute atomic E-state index is 0.0364. The molecule has 0 saturated heterocycles. The van der Waals surface area contributed by atoms with Gasteiger partial charge in [-0.2, -0.15) is 0 Å². The van der Waals surface area contributed by atoms with Gasteiger partial charge in [-0.05, 0) is 75.0 Å². The molecule has 0 bridgehead atoms. The van der Waals surface area contributed by atoms with Crippen molar-refractivity contribution in [3.05, 3.63) is 65.1 Å². The third-order valence-corrected chi connectivity index (χ3v) is 7.52. The van der Waals surface area contributed by atoms with Crippen molar-refractivity contribution < 1.29 is 32.8 Å². The summed E-state index contributed by atoms with van der Waals surface area (Å²) in [7, 11) is 3.21. The fourth-order valence-corrected chi connectivity index (χ4v) is 5.85. The molecule has 220 valence electrons. The maximum Gasteiger partial charge on any atom is 0.361 e. The molecule has 0 saturated carbocycles. The third kappa shape index (κ3) is 4.26. The van der Waals surface area contributed by atoms with Crippen LogP contribution in [0.15, 0.2) is 63.9 Å². The second-order valence-corrected chi connectivity index (χ2v) is 11.0. The summed E-state index contributed by atoms with van der Waals surface area (Å²) >= 11 is 0. The van der Waals surface area contributed by atoms with Gasteiger partial charge in [0, 0.05) is 34.0 Å². The molecule has 4 heterocycles. The molecule has 0 unspecified atom stereocenters. The Morgan fingerprint density at radius 2 is 1.42 bits per heavy atom. The van der Waals surface area contributed by atoms with Gasteiger partial charge >= 0.3 is 5.63 Å². The molecule has 0 amide bonds. The zero-order chi connectivity index (χ0) is 30.0. The van der Waals surface area contributed by atoms with Crippen molar-refractivity contribution in [2.45, 2.75) is 39.9 Å². The summed E-state index contributed by atoms with van der Waals surface area (Å²) in [4.78, 5) is 13.8. The van der Waals surface area contributed by atoms with Crippen molar-refractivity contribution in [1.29, 1.82) is 0 Å². The lowest BCUT2D eigenvalue weighted by Gasteiger charge is -2.15. The summed E-state index contributed by atoms with van der Waals surface area (Å²) in [6.45, 7) is 7.95. The van der Waals surface area contributed by atoms with E-state index in [2.05, 4.69) is 0 Å². The van der Waals surface area contributed by atoms with Crippen LogP contribution < -0.4 is 34.0 Å². The van der Waals surface area contributed by atoms with Gasteiger partial charge in [-0.15, -0.1) is 0 Å². The van der Waals surface area contributed by atoms with E-state index < -0.39 is 5.63 Å². The highest BCUT2D eigenvalue weighted by Gasteiger charge is 2.26. The van der Waals surface area contributed by atoms with Gasteiger partial charge in [-0.3, -0.25) is 0 Å². The summed E-state index contributed by atoms with van der Waals surface area (Å²) < 4.78 is 42.8. The molecule has 3 aromatic carbocycles. The Hall–Kier alpha value is -5.05. The number of benzene rings is 3. The van der Waals surface area contributed by atoms with E-state index >= 15 is 0 Å². The molecule has 9 nitrogen and oxygen atoms in total. The molecule has 6 aromatic rings. The Morgan fingerprint density at radius 3 is 2.12 bits per heavy atom. The van der Waals surface area contributed by atoms with Crippen LogP contribution in [0.5, 0.6) is 34.5 Å². The van der Waals surface area contributed by atoms with Gasteiger partial charge in [-0.25, -0.2) is 4.79 Å². The topological polar surface area (TPSA) is 90.0 Å². The van der Waals surface area contributed by atoms with Crippen LogP contribution in [0, 0.1) is 0 Å². The normalized spacial score (nSPS) is 12.7. The average Bonchev–Trinajstić information content (AvgIpc) is 3.58. The van der Waals surface area contributed by atoms with E-state index in [-0.39, 0.29) is 19.0 Å². The zero-order valence-corrected chi connectivity index (χ0v) is 24.8.